The predicted octanol–water partition coefficient (Wildman–Crippen LogP) is 2.98. The van der Waals surface area contributed by atoms with Crippen molar-refractivity contribution in [2.75, 3.05) is 39.3 Å². The van der Waals surface area contributed by atoms with Gasteiger partial charge in [0, 0.05) is 42.7 Å². The highest BCUT2D eigenvalue weighted by atomic mass is 35.5. The lowest BCUT2D eigenvalue weighted by molar-refractivity contribution is -0.126. The Labute approximate surface area is 190 Å². The summed E-state index contributed by atoms with van der Waals surface area (Å²) in [7, 11) is -3.76. The third-order valence-corrected chi connectivity index (χ3v) is 7.76. The van der Waals surface area contributed by atoms with Gasteiger partial charge in [-0.25, -0.2) is 0 Å². The van der Waals surface area contributed by atoms with Gasteiger partial charge in [0.05, 0.1) is 0 Å². The minimum Gasteiger partial charge on any atom is -0.356 e. The summed E-state index contributed by atoms with van der Waals surface area (Å²) in [6, 6.07) is 6.75. The monoisotopic (exact) mass is 466 g/mol. The highest BCUT2D eigenvalue weighted by Crippen LogP contribution is 2.35. The van der Waals surface area contributed by atoms with Gasteiger partial charge in [0.25, 0.3) is 10.0 Å². The Balaban J connectivity index is 1.61. The van der Waals surface area contributed by atoms with E-state index in [1.54, 1.807) is 31.2 Å². The van der Waals surface area contributed by atoms with Gasteiger partial charge in [0.1, 0.15) is 10.7 Å². The molecule has 2 aliphatic heterocycles. The summed E-state index contributed by atoms with van der Waals surface area (Å²) >= 11 is 5.94. The van der Waals surface area contributed by atoms with Gasteiger partial charge >= 0.3 is 0 Å². The lowest BCUT2D eigenvalue weighted by atomic mass is 9.95. The molecular formula is C22H31ClN4O3S. The van der Waals surface area contributed by atoms with Crippen LogP contribution >= 0.6 is 11.6 Å². The number of likely N-dealkylation sites (N-methyl/N-ethyl adjacent to an activating group) is 1. The third kappa shape index (κ3) is 5.48. The standard InChI is InChI=1S/C22H31ClN4O3S/c1-4-26(5-2)15-12-24-22(28)18-10-13-27(14-11-18)21-16(3)20(31(29,30)25-21)17-6-8-19(23)9-7-17/h6-9,18H,4-5,10-15H2,1-3H3,(H,24,28). The van der Waals surface area contributed by atoms with E-state index in [0.29, 0.717) is 54.5 Å². The molecule has 0 radical (unpaired) electrons. The Kier molecular flexibility index (Phi) is 7.78. The predicted molar refractivity (Wildman–Crippen MR) is 125 cm³/mol. The van der Waals surface area contributed by atoms with Crippen LogP contribution in [0.15, 0.2) is 34.2 Å². The molecule has 0 aliphatic carbocycles. The Morgan fingerprint density at radius 3 is 2.39 bits per heavy atom. The van der Waals surface area contributed by atoms with Crippen LogP contribution in [0.5, 0.6) is 0 Å². The molecular weight excluding hydrogens is 436 g/mol. The van der Waals surface area contributed by atoms with E-state index in [0.717, 1.165) is 19.6 Å². The first-order valence-electron chi connectivity index (χ1n) is 10.8. The fourth-order valence-corrected chi connectivity index (χ4v) is 5.77. The first-order chi connectivity index (χ1) is 14.8. The van der Waals surface area contributed by atoms with Crippen LogP contribution in [0.1, 0.15) is 39.2 Å². The van der Waals surface area contributed by atoms with Crippen molar-refractivity contribution in [1.29, 1.82) is 0 Å². The molecule has 1 N–H and O–H groups in total. The molecule has 1 fully saturated rings. The lowest BCUT2D eigenvalue weighted by Gasteiger charge is -2.33. The quantitative estimate of drug-likeness (QED) is 0.668. The first-order valence-corrected chi connectivity index (χ1v) is 12.7. The van der Waals surface area contributed by atoms with Gasteiger partial charge in [-0.15, -0.1) is 4.40 Å². The molecule has 9 heteroatoms. The zero-order valence-electron chi connectivity index (χ0n) is 18.4. The maximum absolute atomic E-state index is 12.7. The Morgan fingerprint density at radius 2 is 1.81 bits per heavy atom. The van der Waals surface area contributed by atoms with Crippen LogP contribution in [0.2, 0.25) is 5.02 Å². The minimum absolute atomic E-state index is 0.0495. The van der Waals surface area contributed by atoms with Gasteiger partial charge in [-0.1, -0.05) is 37.6 Å². The van der Waals surface area contributed by atoms with Crippen molar-refractivity contribution in [1.82, 2.24) is 15.1 Å². The van der Waals surface area contributed by atoms with Gasteiger partial charge in [-0.2, -0.15) is 8.42 Å². The van der Waals surface area contributed by atoms with Crippen molar-refractivity contribution in [3.63, 3.8) is 0 Å². The maximum Gasteiger partial charge on any atom is 0.285 e. The van der Waals surface area contributed by atoms with E-state index in [2.05, 4.69) is 28.5 Å². The molecule has 1 aromatic carbocycles. The summed E-state index contributed by atoms with van der Waals surface area (Å²) in [6.45, 7) is 10.7. The molecule has 0 spiro atoms. The number of sulfonamides is 1. The second-order valence-corrected chi connectivity index (χ2v) is 9.91. The van der Waals surface area contributed by atoms with E-state index in [1.165, 1.54) is 0 Å². The number of halogens is 1. The fraction of sp³-hybridized carbons (Fsp3) is 0.545. The Bertz CT molecular complexity index is 961. The van der Waals surface area contributed by atoms with Gasteiger partial charge in [0.15, 0.2) is 0 Å². The zero-order chi connectivity index (χ0) is 22.6. The summed E-state index contributed by atoms with van der Waals surface area (Å²) in [4.78, 5) is 17.0. The summed E-state index contributed by atoms with van der Waals surface area (Å²) in [5, 5.41) is 3.60. The molecule has 3 rings (SSSR count). The largest absolute Gasteiger partial charge is 0.356 e. The highest BCUT2D eigenvalue weighted by molar-refractivity contribution is 8.00. The molecule has 0 unspecified atom stereocenters. The zero-order valence-corrected chi connectivity index (χ0v) is 20.0. The number of likely N-dealkylation sites (tertiary alicyclic amines) is 1. The average Bonchev–Trinajstić information content (AvgIpc) is 3.00. The van der Waals surface area contributed by atoms with E-state index >= 15 is 0 Å². The number of carbonyl (C=O) groups excluding carboxylic acids is 1. The highest BCUT2D eigenvalue weighted by Gasteiger charge is 2.35. The number of nitrogens with zero attached hydrogens (tertiary/aromatic N) is 3. The third-order valence-electron chi connectivity index (χ3n) is 6.03. The number of hydrogen-bond acceptors (Lipinski definition) is 5. The smallest absolute Gasteiger partial charge is 0.285 e. The van der Waals surface area contributed by atoms with Crippen molar-refractivity contribution in [2.45, 2.75) is 33.6 Å². The summed E-state index contributed by atoms with van der Waals surface area (Å²) in [5.74, 6) is 0.527. The summed E-state index contributed by atoms with van der Waals surface area (Å²) in [6.07, 6.45) is 1.36. The van der Waals surface area contributed by atoms with Crippen LogP contribution in [0.4, 0.5) is 0 Å². The number of carbonyl (C=O) groups is 1. The van der Waals surface area contributed by atoms with Gasteiger partial charge < -0.3 is 15.1 Å². The van der Waals surface area contributed by atoms with Gasteiger partial charge in [-0.05, 0) is 50.6 Å². The lowest BCUT2D eigenvalue weighted by Crippen LogP contribution is -2.44. The fourth-order valence-electron chi connectivity index (χ4n) is 4.16. The molecule has 1 saturated heterocycles. The molecule has 2 aliphatic rings. The molecule has 170 valence electrons. The van der Waals surface area contributed by atoms with E-state index in [4.69, 9.17) is 11.6 Å². The molecule has 2 heterocycles. The van der Waals surface area contributed by atoms with E-state index in [9.17, 15) is 13.2 Å². The van der Waals surface area contributed by atoms with Crippen LogP contribution in [-0.2, 0) is 14.8 Å². The number of hydrogen-bond donors (Lipinski definition) is 1. The number of piperidine rings is 1. The van der Waals surface area contributed by atoms with Crippen molar-refractivity contribution < 1.29 is 13.2 Å². The topological polar surface area (TPSA) is 82.1 Å². The van der Waals surface area contributed by atoms with Crippen LogP contribution in [0.25, 0.3) is 4.91 Å². The molecule has 0 aromatic heterocycles. The van der Waals surface area contributed by atoms with Crippen molar-refractivity contribution in [3.8, 4) is 0 Å². The summed E-state index contributed by atoms with van der Waals surface area (Å²) in [5.41, 5.74) is 1.23. The minimum atomic E-state index is -3.76. The van der Waals surface area contributed by atoms with Gasteiger partial charge in [0.2, 0.25) is 5.91 Å². The van der Waals surface area contributed by atoms with Gasteiger partial charge in [-0.3, -0.25) is 4.79 Å². The van der Waals surface area contributed by atoms with E-state index < -0.39 is 10.0 Å². The Hall–Kier alpha value is -1.90. The number of rotatable bonds is 7. The molecule has 7 nitrogen and oxygen atoms in total. The van der Waals surface area contributed by atoms with Crippen molar-refractivity contribution in [2.24, 2.45) is 10.3 Å². The number of amidine groups is 1. The normalized spacial score (nSPS) is 19.1. The molecule has 1 amide bonds. The van der Waals surface area contributed by atoms with Crippen LogP contribution in [0, 0.1) is 5.92 Å². The summed E-state index contributed by atoms with van der Waals surface area (Å²) < 4.78 is 29.5. The number of amides is 1. The van der Waals surface area contributed by atoms with Crippen molar-refractivity contribution in [3.05, 3.63) is 40.4 Å². The molecule has 31 heavy (non-hydrogen) atoms. The first kappa shape index (κ1) is 23.8. The van der Waals surface area contributed by atoms with E-state index in [-0.39, 0.29) is 16.7 Å². The van der Waals surface area contributed by atoms with Crippen LogP contribution in [-0.4, -0.2) is 69.2 Å². The number of benzene rings is 1. The molecule has 1 aromatic rings. The second kappa shape index (κ2) is 10.1. The average molecular weight is 467 g/mol. The van der Waals surface area contributed by atoms with Crippen molar-refractivity contribution >= 4 is 38.3 Å². The second-order valence-electron chi connectivity index (χ2n) is 7.93. The molecule has 0 atom stereocenters. The van der Waals surface area contributed by atoms with Crippen LogP contribution in [0.3, 0.4) is 0 Å². The van der Waals surface area contributed by atoms with E-state index in [1.807, 2.05) is 4.90 Å². The molecule has 0 saturated carbocycles. The molecule has 0 bridgehead atoms. The Morgan fingerprint density at radius 1 is 1.19 bits per heavy atom. The van der Waals surface area contributed by atoms with Crippen LogP contribution < -0.4 is 5.32 Å². The SMILES string of the molecule is CCN(CC)CCNC(=O)C1CCN(C2=NS(=O)(=O)C(c3ccc(Cl)cc3)=C2C)CC1. The number of nitrogens with one attached hydrogen (secondary N) is 1. The maximum atomic E-state index is 12.7.